The standard InChI is InChI=1S/C10H18N2O/c1-12(7-6-11)10(13)8-9-4-2-3-5-9/h2,4,9H,3,5-8,11H2,1H3. The Kier molecular flexibility index (Phi) is 3.96. The molecule has 3 heteroatoms. The molecule has 0 heterocycles. The van der Waals surface area contributed by atoms with E-state index in [1.54, 1.807) is 4.90 Å². The number of carbonyl (C=O) groups excluding carboxylic acids is 1. The number of likely N-dealkylation sites (N-methyl/N-ethyl adjacent to an activating group) is 1. The van der Waals surface area contributed by atoms with E-state index in [4.69, 9.17) is 5.73 Å². The second-order valence-corrected chi connectivity index (χ2v) is 3.57. The molecule has 74 valence electrons. The largest absolute Gasteiger partial charge is 0.344 e. The molecule has 0 saturated heterocycles. The van der Waals surface area contributed by atoms with Gasteiger partial charge in [0.2, 0.25) is 5.91 Å². The van der Waals surface area contributed by atoms with Crippen LogP contribution >= 0.6 is 0 Å². The fraction of sp³-hybridized carbons (Fsp3) is 0.700. The van der Waals surface area contributed by atoms with Gasteiger partial charge in [0.05, 0.1) is 0 Å². The SMILES string of the molecule is CN(CCN)C(=O)CC1C=CCC1. The van der Waals surface area contributed by atoms with Crippen LogP contribution in [-0.4, -0.2) is 30.9 Å². The third kappa shape index (κ3) is 3.19. The van der Waals surface area contributed by atoms with Crippen LogP contribution < -0.4 is 5.73 Å². The normalized spacial score (nSPS) is 20.6. The molecule has 0 aliphatic heterocycles. The minimum absolute atomic E-state index is 0.210. The maximum absolute atomic E-state index is 11.5. The number of nitrogens with two attached hydrogens (primary N) is 1. The monoisotopic (exact) mass is 182 g/mol. The van der Waals surface area contributed by atoms with Crippen molar-refractivity contribution >= 4 is 5.91 Å². The molecular weight excluding hydrogens is 164 g/mol. The predicted octanol–water partition coefficient (Wildman–Crippen LogP) is 0.760. The predicted molar refractivity (Wildman–Crippen MR) is 53.2 cm³/mol. The first-order valence-corrected chi connectivity index (χ1v) is 4.84. The molecule has 13 heavy (non-hydrogen) atoms. The molecule has 1 amide bonds. The second-order valence-electron chi connectivity index (χ2n) is 3.57. The van der Waals surface area contributed by atoms with Gasteiger partial charge < -0.3 is 10.6 Å². The van der Waals surface area contributed by atoms with E-state index in [1.165, 1.54) is 0 Å². The van der Waals surface area contributed by atoms with Gasteiger partial charge in [0.25, 0.3) is 0 Å². The molecule has 0 aromatic carbocycles. The van der Waals surface area contributed by atoms with E-state index in [-0.39, 0.29) is 5.91 Å². The summed E-state index contributed by atoms with van der Waals surface area (Å²) >= 11 is 0. The first-order valence-electron chi connectivity index (χ1n) is 4.84. The Morgan fingerprint density at radius 2 is 2.46 bits per heavy atom. The van der Waals surface area contributed by atoms with Crippen molar-refractivity contribution in [3.8, 4) is 0 Å². The molecule has 0 fully saturated rings. The molecule has 1 atom stereocenters. The first kappa shape index (κ1) is 10.3. The highest BCUT2D eigenvalue weighted by Gasteiger charge is 2.16. The van der Waals surface area contributed by atoms with Gasteiger partial charge in [-0.25, -0.2) is 0 Å². The van der Waals surface area contributed by atoms with Crippen LogP contribution in [0.1, 0.15) is 19.3 Å². The molecule has 1 aliphatic carbocycles. The van der Waals surface area contributed by atoms with Crippen molar-refractivity contribution in [2.24, 2.45) is 11.7 Å². The molecule has 2 N–H and O–H groups in total. The van der Waals surface area contributed by atoms with Crippen LogP contribution in [-0.2, 0) is 4.79 Å². The number of allylic oxidation sites excluding steroid dienone is 2. The van der Waals surface area contributed by atoms with Gasteiger partial charge in [-0.15, -0.1) is 0 Å². The van der Waals surface area contributed by atoms with E-state index < -0.39 is 0 Å². The Balaban J connectivity index is 2.27. The summed E-state index contributed by atoms with van der Waals surface area (Å²) in [5.41, 5.74) is 5.37. The Bertz CT molecular complexity index is 201. The summed E-state index contributed by atoms with van der Waals surface area (Å²) in [5.74, 6) is 0.676. The van der Waals surface area contributed by atoms with Gasteiger partial charge in [0, 0.05) is 26.6 Å². The lowest BCUT2D eigenvalue weighted by Crippen LogP contribution is -2.32. The maximum Gasteiger partial charge on any atom is 0.222 e. The van der Waals surface area contributed by atoms with Crippen LogP contribution in [0.5, 0.6) is 0 Å². The smallest absolute Gasteiger partial charge is 0.222 e. The Labute approximate surface area is 79.6 Å². The maximum atomic E-state index is 11.5. The number of carbonyl (C=O) groups is 1. The van der Waals surface area contributed by atoms with Gasteiger partial charge in [-0.05, 0) is 18.8 Å². The van der Waals surface area contributed by atoms with E-state index in [1.807, 2.05) is 7.05 Å². The third-order valence-corrected chi connectivity index (χ3v) is 2.44. The molecular formula is C10H18N2O. The van der Waals surface area contributed by atoms with Crippen LogP contribution in [0.15, 0.2) is 12.2 Å². The van der Waals surface area contributed by atoms with Crippen molar-refractivity contribution in [1.29, 1.82) is 0 Å². The molecule has 0 bridgehead atoms. The molecule has 0 aromatic heterocycles. The summed E-state index contributed by atoms with van der Waals surface area (Å²) in [7, 11) is 1.81. The number of amides is 1. The van der Waals surface area contributed by atoms with E-state index in [0.717, 1.165) is 12.8 Å². The highest BCUT2D eigenvalue weighted by molar-refractivity contribution is 5.76. The van der Waals surface area contributed by atoms with Crippen molar-refractivity contribution in [3.05, 3.63) is 12.2 Å². The van der Waals surface area contributed by atoms with Crippen molar-refractivity contribution in [3.63, 3.8) is 0 Å². The molecule has 0 saturated carbocycles. The van der Waals surface area contributed by atoms with Gasteiger partial charge in [0.15, 0.2) is 0 Å². The minimum atomic E-state index is 0.210. The zero-order valence-corrected chi connectivity index (χ0v) is 8.20. The van der Waals surface area contributed by atoms with E-state index in [0.29, 0.717) is 25.4 Å². The fourth-order valence-electron chi connectivity index (χ4n) is 1.56. The van der Waals surface area contributed by atoms with Crippen molar-refractivity contribution in [2.45, 2.75) is 19.3 Å². The molecule has 1 unspecified atom stereocenters. The Morgan fingerprint density at radius 3 is 3.00 bits per heavy atom. The van der Waals surface area contributed by atoms with Gasteiger partial charge in [-0.2, -0.15) is 0 Å². The Morgan fingerprint density at radius 1 is 1.69 bits per heavy atom. The van der Waals surface area contributed by atoms with Crippen molar-refractivity contribution in [2.75, 3.05) is 20.1 Å². The molecule has 3 nitrogen and oxygen atoms in total. The third-order valence-electron chi connectivity index (χ3n) is 2.44. The summed E-state index contributed by atoms with van der Waals surface area (Å²) in [6.07, 6.45) is 7.20. The van der Waals surface area contributed by atoms with Crippen LogP contribution in [0.3, 0.4) is 0 Å². The topological polar surface area (TPSA) is 46.3 Å². The van der Waals surface area contributed by atoms with Crippen LogP contribution in [0, 0.1) is 5.92 Å². The number of hydrogen-bond donors (Lipinski definition) is 1. The lowest BCUT2D eigenvalue weighted by atomic mass is 10.0. The second kappa shape index (κ2) is 5.02. The first-order chi connectivity index (χ1) is 6.24. The number of rotatable bonds is 4. The lowest BCUT2D eigenvalue weighted by molar-refractivity contribution is -0.130. The molecule has 0 aromatic rings. The highest BCUT2D eigenvalue weighted by Crippen LogP contribution is 2.20. The molecule has 1 aliphatic rings. The van der Waals surface area contributed by atoms with Gasteiger partial charge >= 0.3 is 0 Å². The molecule has 1 rings (SSSR count). The zero-order valence-electron chi connectivity index (χ0n) is 8.20. The van der Waals surface area contributed by atoms with E-state index in [9.17, 15) is 4.79 Å². The number of hydrogen-bond acceptors (Lipinski definition) is 2. The van der Waals surface area contributed by atoms with Crippen molar-refractivity contribution in [1.82, 2.24) is 4.90 Å². The highest BCUT2D eigenvalue weighted by atomic mass is 16.2. The van der Waals surface area contributed by atoms with Crippen LogP contribution in [0.2, 0.25) is 0 Å². The summed E-state index contributed by atoms with van der Waals surface area (Å²) in [5, 5.41) is 0. The lowest BCUT2D eigenvalue weighted by Gasteiger charge is -2.17. The molecule has 0 spiro atoms. The van der Waals surface area contributed by atoms with Gasteiger partial charge in [-0.3, -0.25) is 4.79 Å². The molecule has 0 radical (unpaired) electrons. The summed E-state index contributed by atoms with van der Waals surface area (Å²) in [4.78, 5) is 13.2. The van der Waals surface area contributed by atoms with Gasteiger partial charge in [-0.1, -0.05) is 12.2 Å². The fourth-order valence-corrected chi connectivity index (χ4v) is 1.56. The van der Waals surface area contributed by atoms with Crippen LogP contribution in [0.4, 0.5) is 0 Å². The summed E-state index contributed by atoms with van der Waals surface area (Å²) in [6, 6.07) is 0. The summed E-state index contributed by atoms with van der Waals surface area (Å²) in [6.45, 7) is 1.21. The van der Waals surface area contributed by atoms with Crippen LogP contribution in [0.25, 0.3) is 0 Å². The van der Waals surface area contributed by atoms with Gasteiger partial charge in [0.1, 0.15) is 0 Å². The summed E-state index contributed by atoms with van der Waals surface area (Å²) < 4.78 is 0. The quantitative estimate of drug-likeness (QED) is 0.652. The number of nitrogens with zero attached hydrogens (tertiary/aromatic N) is 1. The van der Waals surface area contributed by atoms with E-state index in [2.05, 4.69) is 12.2 Å². The average molecular weight is 182 g/mol. The van der Waals surface area contributed by atoms with Crippen molar-refractivity contribution < 1.29 is 4.79 Å². The van der Waals surface area contributed by atoms with E-state index >= 15 is 0 Å². The average Bonchev–Trinajstić information content (AvgIpc) is 2.57. The zero-order chi connectivity index (χ0) is 9.68. The Hall–Kier alpha value is -0.830. The minimum Gasteiger partial charge on any atom is -0.344 e.